The molecule has 0 unspecified atom stereocenters. The molecule has 0 saturated heterocycles. The van der Waals surface area contributed by atoms with Crippen molar-refractivity contribution >= 4 is 11.9 Å². The maximum atomic E-state index is 7.51. The molecule has 0 atom stereocenters. The van der Waals surface area contributed by atoms with E-state index in [-0.39, 0.29) is 5.92 Å². The second-order valence-electron chi connectivity index (χ2n) is 3.61. The second kappa shape index (κ2) is 4.27. The lowest BCUT2D eigenvalue weighted by molar-refractivity contribution is 0.383. The maximum Gasteiger partial charge on any atom is 0.0525 e. The van der Waals surface area contributed by atoms with Gasteiger partial charge in [-0.2, -0.15) is 0 Å². The quantitative estimate of drug-likeness (QED) is 0.585. The van der Waals surface area contributed by atoms with Gasteiger partial charge in [-0.15, -0.1) is 0 Å². The van der Waals surface area contributed by atoms with Gasteiger partial charge in [0.15, 0.2) is 0 Å². The number of rotatable bonds is 4. The minimum absolute atomic E-state index is 0.243. The predicted octanol–water partition coefficient (Wildman–Crippen LogP) is 2.58. The molecule has 0 amide bonds. The van der Waals surface area contributed by atoms with Gasteiger partial charge in [-0.05, 0) is 11.8 Å². The first-order valence-electron chi connectivity index (χ1n) is 4.09. The summed E-state index contributed by atoms with van der Waals surface area (Å²) in [5, 5.41) is 14.5. The zero-order valence-corrected chi connectivity index (χ0v) is 7.81. The molecule has 0 bridgehead atoms. The lowest BCUT2D eigenvalue weighted by Crippen LogP contribution is -2.25. The van der Waals surface area contributed by atoms with Gasteiger partial charge in [-0.3, -0.25) is 0 Å². The first kappa shape index (κ1) is 10.3. The molecule has 0 spiro atoms. The Bertz CT molecular complexity index is 140. The SMILES string of the molecule is CC(C)C(C(=N)C=N)C(C)C. The molecule has 2 heteroatoms. The van der Waals surface area contributed by atoms with Crippen LogP contribution in [0.25, 0.3) is 0 Å². The molecule has 2 N–H and O–H groups in total. The van der Waals surface area contributed by atoms with Gasteiger partial charge < -0.3 is 10.8 Å². The van der Waals surface area contributed by atoms with Gasteiger partial charge in [0, 0.05) is 12.1 Å². The van der Waals surface area contributed by atoms with Crippen molar-refractivity contribution < 1.29 is 0 Å². The van der Waals surface area contributed by atoms with E-state index >= 15 is 0 Å². The number of nitrogens with one attached hydrogen (secondary N) is 2. The zero-order valence-electron chi connectivity index (χ0n) is 7.81. The Hall–Kier alpha value is -0.660. The molecule has 0 aliphatic heterocycles. The van der Waals surface area contributed by atoms with Gasteiger partial charge in [0.1, 0.15) is 0 Å². The number of hydrogen-bond acceptors (Lipinski definition) is 2. The first-order chi connectivity index (χ1) is 5.00. The zero-order chi connectivity index (χ0) is 9.02. The highest BCUT2D eigenvalue weighted by molar-refractivity contribution is 6.28. The summed E-state index contributed by atoms with van der Waals surface area (Å²) < 4.78 is 0. The largest absolute Gasteiger partial charge is 0.307 e. The highest BCUT2D eigenvalue weighted by atomic mass is 14.5. The molecule has 0 aromatic heterocycles. The Labute approximate surface area is 69.0 Å². The van der Waals surface area contributed by atoms with Gasteiger partial charge in [0.25, 0.3) is 0 Å². The minimum Gasteiger partial charge on any atom is -0.307 e. The van der Waals surface area contributed by atoms with Crippen LogP contribution in [0.15, 0.2) is 0 Å². The first-order valence-corrected chi connectivity index (χ1v) is 4.09. The third-order valence-electron chi connectivity index (χ3n) is 1.95. The molecule has 0 aliphatic rings. The molecule has 0 heterocycles. The highest BCUT2D eigenvalue weighted by Crippen LogP contribution is 2.20. The van der Waals surface area contributed by atoms with Crippen molar-refractivity contribution in [2.45, 2.75) is 27.7 Å². The Kier molecular flexibility index (Phi) is 4.01. The molecule has 0 aromatic carbocycles. The lowest BCUT2D eigenvalue weighted by atomic mass is 9.82. The minimum atomic E-state index is 0.243. The fourth-order valence-corrected chi connectivity index (χ4v) is 1.58. The van der Waals surface area contributed by atoms with Crippen molar-refractivity contribution in [2.75, 3.05) is 0 Å². The van der Waals surface area contributed by atoms with Crippen LogP contribution in [-0.4, -0.2) is 11.9 Å². The van der Waals surface area contributed by atoms with Gasteiger partial charge >= 0.3 is 0 Å². The maximum absolute atomic E-state index is 7.51. The van der Waals surface area contributed by atoms with Crippen LogP contribution in [0.4, 0.5) is 0 Å². The van der Waals surface area contributed by atoms with Crippen LogP contribution in [0.2, 0.25) is 0 Å². The molecule has 0 fully saturated rings. The Balaban J connectivity index is 4.33. The normalized spacial score (nSPS) is 11.2. The molecular weight excluding hydrogens is 136 g/mol. The summed E-state index contributed by atoms with van der Waals surface area (Å²) in [7, 11) is 0. The predicted molar refractivity (Wildman–Crippen MR) is 49.7 cm³/mol. The van der Waals surface area contributed by atoms with Crippen LogP contribution in [0.3, 0.4) is 0 Å². The van der Waals surface area contributed by atoms with Crippen LogP contribution < -0.4 is 0 Å². The molecule has 0 aromatic rings. The molecular formula is C9H18N2. The molecule has 64 valence electrons. The van der Waals surface area contributed by atoms with Crippen molar-refractivity contribution in [1.29, 1.82) is 10.8 Å². The summed E-state index contributed by atoms with van der Waals surface area (Å²) in [5.41, 5.74) is 0.454. The van der Waals surface area contributed by atoms with Crippen LogP contribution in [-0.2, 0) is 0 Å². The van der Waals surface area contributed by atoms with E-state index in [0.717, 1.165) is 6.21 Å². The van der Waals surface area contributed by atoms with Crippen molar-refractivity contribution in [3.63, 3.8) is 0 Å². The third-order valence-corrected chi connectivity index (χ3v) is 1.95. The summed E-state index contributed by atoms with van der Waals surface area (Å²) >= 11 is 0. The van der Waals surface area contributed by atoms with Gasteiger partial charge in [-0.25, -0.2) is 0 Å². The summed E-state index contributed by atoms with van der Waals surface area (Å²) in [5.74, 6) is 1.17. The van der Waals surface area contributed by atoms with Gasteiger partial charge in [-0.1, -0.05) is 27.7 Å². The summed E-state index contributed by atoms with van der Waals surface area (Å²) in [6.07, 6.45) is 1.16. The lowest BCUT2D eigenvalue weighted by Gasteiger charge is -2.23. The molecule has 0 aliphatic carbocycles. The standard InChI is InChI=1S/C9H18N2/c1-6(2)9(7(3)4)8(11)5-10/h5-7,9-11H,1-4H3. The van der Waals surface area contributed by atoms with E-state index in [1.165, 1.54) is 0 Å². The smallest absolute Gasteiger partial charge is 0.0525 e. The summed E-state index contributed by atoms with van der Waals surface area (Å²) in [4.78, 5) is 0. The van der Waals surface area contributed by atoms with Crippen LogP contribution in [0.1, 0.15) is 27.7 Å². The van der Waals surface area contributed by atoms with Crippen molar-refractivity contribution in [3.05, 3.63) is 0 Å². The average Bonchev–Trinajstić information content (AvgIpc) is 1.85. The second-order valence-corrected chi connectivity index (χ2v) is 3.61. The van der Waals surface area contributed by atoms with Crippen LogP contribution in [0.5, 0.6) is 0 Å². The third kappa shape index (κ3) is 2.83. The summed E-state index contributed by atoms with van der Waals surface area (Å²) in [6, 6.07) is 0. The highest BCUT2D eigenvalue weighted by Gasteiger charge is 2.20. The van der Waals surface area contributed by atoms with E-state index in [2.05, 4.69) is 27.7 Å². The topological polar surface area (TPSA) is 47.7 Å². The van der Waals surface area contributed by atoms with E-state index in [1.807, 2.05) is 0 Å². The van der Waals surface area contributed by atoms with Crippen LogP contribution >= 0.6 is 0 Å². The average molecular weight is 154 g/mol. The summed E-state index contributed by atoms with van der Waals surface area (Å²) in [6.45, 7) is 8.40. The van der Waals surface area contributed by atoms with Crippen LogP contribution in [0, 0.1) is 28.6 Å². The van der Waals surface area contributed by atoms with Crippen molar-refractivity contribution in [3.8, 4) is 0 Å². The van der Waals surface area contributed by atoms with E-state index in [4.69, 9.17) is 10.8 Å². The van der Waals surface area contributed by atoms with E-state index < -0.39 is 0 Å². The molecule has 2 nitrogen and oxygen atoms in total. The van der Waals surface area contributed by atoms with E-state index in [0.29, 0.717) is 17.5 Å². The number of hydrogen-bond donors (Lipinski definition) is 2. The molecule has 0 saturated carbocycles. The van der Waals surface area contributed by atoms with Crippen molar-refractivity contribution in [2.24, 2.45) is 17.8 Å². The monoisotopic (exact) mass is 154 g/mol. The van der Waals surface area contributed by atoms with Gasteiger partial charge in [0.05, 0.1) is 5.71 Å². The fraction of sp³-hybridized carbons (Fsp3) is 0.778. The Morgan fingerprint density at radius 3 is 1.55 bits per heavy atom. The van der Waals surface area contributed by atoms with E-state index in [9.17, 15) is 0 Å². The molecule has 0 radical (unpaired) electrons. The molecule has 11 heavy (non-hydrogen) atoms. The Morgan fingerprint density at radius 2 is 1.45 bits per heavy atom. The van der Waals surface area contributed by atoms with Crippen molar-refractivity contribution in [1.82, 2.24) is 0 Å². The van der Waals surface area contributed by atoms with E-state index in [1.54, 1.807) is 0 Å². The fourth-order valence-electron chi connectivity index (χ4n) is 1.58. The molecule has 0 rings (SSSR count). The Morgan fingerprint density at radius 1 is 1.09 bits per heavy atom. The van der Waals surface area contributed by atoms with Gasteiger partial charge in [0.2, 0.25) is 0 Å².